The number of hydrogen-bond acceptors (Lipinski definition) is 1. The molecule has 1 fully saturated rings. The van der Waals surface area contributed by atoms with Gasteiger partial charge >= 0.3 is 0 Å². The van der Waals surface area contributed by atoms with Crippen LogP contribution in [0.3, 0.4) is 0 Å². The highest BCUT2D eigenvalue weighted by Gasteiger charge is 2.13. The van der Waals surface area contributed by atoms with Crippen LogP contribution in [0.2, 0.25) is 0 Å². The van der Waals surface area contributed by atoms with Gasteiger partial charge in [0.05, 0.1) is 0 Å². The molecule has 2 rings (SSSR count). The van der Waals surface area contributed by atoms with Crippen LogP contribution in [0.25, 0.3) is 0 Å². The molecule has 0 amide bonds. The fourth-order valence-electron chi connectivity index (χ4n) is 2.57. The van der Waals surface area contributed by atoms with Gasteiger partial charge in [0.15, 0.2) is 0 Å². The SMILES string of the molecule is CCCc1cccc(C2CCCCCN2)c1. The van der Waals surface area contributed by atoms with Gasteiger partial charge in [0.1, 0.15) is 0 Å². The van der Waals surface area contributed by atoms with E-state index in [1.807, 2.05) is 0 Å². The molecule has 0 saturated carbocycles. The van der Waals surface area contributed by atoms with Crippen molar-refractivity contribution in [1.82, 2.24) is 5.32 Å². The number of hydrogen-bond donors (Lipinski definition) is 1. The molecule has 1 aromatic carbocycles. The molecule has 0 bridgehead atoms. The predicted molar refractivity (Wildman–Crippen MR) is 69.6 cm³/mol. The van der Waals surface area contributed by atoms with Crippen LogP contribution >= 0.6 is 0 Å². The summed E-state index contributed by atoms with van der Waals surface area (Å²) < 4.78 is 0. The zero-order valence-corrected chi connectivity index (χ0v) is 10.3. The zero-order valence-electron chi connectivity index (χ0n) is 10.3. The van der Waals surface area contributed by atoms with Crippen molar-refractivity contribution in [3.8, 4) is 0 Å². The molecule has 1 heterocycles. The van der Waals surface area contributed by atoms with Gasteiger partial charge in [0.2, 0.25) is 0 Å². The highest BCUT2D eigenvalue weighted by Crippen LogP contribution is 2.23. The summed E-state index contributed by atoms with van der Waals surface area (Å²) in [4.78, 5) is 0. The van der Waals surface area contributed by atoms with E-state index in [1.54, 1.807) is 0 Å². The first kappa shape index (κ1) is 11.7. The molecule has 1 saturated heterocycles. The Balaban J connectivity index is 2.08. The molecule has 0 aromatic heterocycles. The minimum Gasteiger partial charge on any atom is -0.310 e. The molecule has 1 aliphatic rings. The first-order chi connectivity index (χ1) is 7.90. The number of aryl methyl sites for hydroxylation is 1. The van der Waals surface area contributed by atoms with Gasteiger partial charge in [-0.05, 0) is 36.9 Å². The third kappa shape index (κ3) is 3.08. The summed E-state index contributed by atoms with van der Waals surface area (Å²) in [5.74, 6) is 0. The Morgan fingerprint density at radius 3 is 3.06 bits per heavy atom. The summed E-state index contributed by atoms with van der Waals surface area (Å²) >= 11 is 0. The molecule has 1 aliphatic heterocycles. The fraction of sp³-hybridized carbons (Fsp3) is 0.600. The van der Waals surface area contributed by atoms with Crippen LogP contribution in [0, 0.1) is 0 Å². The average Bonchev–Trinajstić information content (AvgIpc) is 2.58. The van der Waals surface area contributed by atoms with Gasteiger partial charge in [-0.2, -0.15) is 0 Å². The maximum Gasteiger partial charge on any atom is 0.0320 e. The van der Waals surface area contributed by atoms with Crippen LogP contribution in [0.15, 0.2) is 24.3 Å². The molecule has 1 heteroatoms. The van der Waals surface area contributed by atoms with Crippen LogP contribution in [0.5, 0.6) is 0 Å². The van der Waals surface area contributed by atoms with Crippen molar-refractivity contribution in [2.45, 2.75) is 51.5 Å². The molecule has 1 unspecified atom stereocenters. The van der Waals surface area contributed by atoms with E-state index in [2.05, 4.69) is 36.5 Å². The van der Waals surface area contributed by atoms with E-state index in [-0.39, 0.29) is 0 Å². The van der Waals surface area contributed by atoms with Crippen molar-refractivity contribution in [3.63, 3.8) is 0 Å². The van der Waals surface area contributed by atoms with Gasteiger partial charge < -0.3 is 5.32 Å². The lowest BCUT2D eigenvalue weighted by Crippen LogP contribution is -2.20. The molecule has 1 aromatic rings. The van der Waals surface area contributed by atoms with Gasteiger partial charge in [-0.25, -0.2) is 0 Å². The van der Waals surface area contributed by atoms with E-state index in [0.29, 0.717) is 6.04 Å². The standard InChI is InChI=1S/C15H23N/c1-2-7-13-8-6-9-14(12-13)15-10-4-3-5-11-16-15/h6,8-9,12,15-16H,2-5,7,10-11H2,1H3. The summed E-state index contributed by atoms with van der Waals surface area (Å²) in [5.41, 5.74) is 2.99. The molecule has 1 N–H and O–H groups in total. The fourth-order valence-corrected chi connectivity index (χ4v) is 2.57. The van der Waals surface area contributed by atoms with Crippen molar-refractivity contribution in [2.75, 3.05) is 6.54 Å². The molecule has 0 spiro atoms. The first-order valence-electron chi connectivity index (χ1n) is 6.72. The molecular weight excluding hydrogens is 194 g/mol. The minimum absolute atomic E-state index is 0.597. The Morgan fingerprint density at radius 1 is 1.25 bits per heavy atom. The highest BCUT2D eigenvalue weighted by molar-refractivity contribution is 5.26. The largest absolute Gasteiger partial charge is 0.310 e. The minimum atomic E-state index is 0.597. The lowest BCUT2D eigenvalue weighted by atomic mass is 9.99. The second-order valence-corrected chi connectivity index (χ2v) is 4.85. The van der Waals surface area contributed by atoms with Crippen molar-refractivity contribution < 1.29 is 0 Å². The van der Waals surface area contributed by atoms with Crippen molar-refractivity contribution in [1.29, 1.82) is 0 Å². The van der Waals surface area contributed by atoms with E-state index in [0.717, 1.165) is 0 Å². The van der Waals surface area contributed by atoms with Crippen LogP contribution in [0.1, 0.15) is 56.2 Å². The van der Waals surface area contributed by atoms with Crippen molar-refractivity contribution >= 4 is 0 Å². The summed E-state index contributed by atoms with van der Waals surface area (Å²) in [6.07, 6.45) is 7.84. The molecule has 16 heavy (non-hydrogen) atoms. The van der Waals surface area contributed by atoms with Crippen LogP contribution in [0.4, 0.5) is 0 Å². The predicted octanol–water partition coefficient (Wildman–Crippen LogP) is 3.84. The Morgan fingerprint density at radius 2 is 2.19 bits per heavy atom. The smallest absolute Gasteiger partial charge is 0.0320 e. The van der Waals surface area contributed by atoms with E-state index in [4.69, 9.17) is 0 Å². The van der Waals surface area contributed by atoms with Crippen molar-refractivity contribution in [3.05, 3.63) is 35.4 Å². The van der Waals surface area contributed by atoms with Crippen LogP contribution < -0.4 is 5.32 Å². The second kappa shape index (κ2) is 6.05. The van der Waals surface area contributed by atoms with Gasteiger partial charge in [0.25, 0.3) is 0 Å². The molecule has 1 atom stereocenters. The third-order valence-electron chi connectivity index (χ3n) is 3.45. The molecular formula is C15H23N. The third-order valence-corrected chi connectivity index (χ3v) is 3.45. The van der Waals surface area contributed by atoms with Crippen LogP contribution in [-0.4, -0.2) is 6.54 Å². The zero-order chi connectivity index (χ0) is 11.2. The van der Waals surface area contributed by atoms with E-state index in [9.17, 15) is 0 Å². The topological polar surface area (TPSA) is 12.0 Å². The first-order valence-corrected chi connectivity index (χ1v) is 6.72. The molecule has 88 valence electrons. The summed E-state index contributed by atoms with van der Waals surface area (Å²) in [6.45, 7) is 3.43. The van der Waals surface area contributed by atoms with E-state index >= 15 is 0 Å². The maximum absolute atomic E-state index is 3.67. The Labute approximate surface area is 99.3 Å². The quantitative estimate of drug-likeness (QED) is 0.811. The highest BCUT2D eigenvalue weighted by atomic mass is 14.9. The Hall–Kier alpha value is -0.820. The normalized spacial score (nSPS) is 21.7. The van der Waals surface area contributed by atoms with E-state index in [1.165, 1.54) is 56.2 Å². The molecule has 0 radical (unpaired) electrons. The number of benzene rings is 1. The summed E-state index contributed by atoms with van der Waals surface area (Å²) in [5, 5.41) is 3.67. The summed E-state index contributed by atoms with van der Waals surface area (Å²) in [7, 11) is 0. The van der Waals surface area contributed by atoms with Crippen LogP contribution in [-0.2, 0) is 6.42 Å². The average molecular weight is 217 g/mol. The lowest BCUT2D eigenvalue weighted by molar-refractivity contribution is 0.534. The van der Waals surface area contributed by atoms with E-state index < -0.39 is 0 Å². The van der Waals surface area contributed by atoms with Gasteiger partial charge in [-0.3, -0.25) is 0 Å². The lowest BCUT2D eigenvalue weighted by Gasteiger charge is -2.17. The second-order valence-electron chi connectivity index (χ2n) is 4.85. The number of nitrogens with one attached hydrogen (secondary N) is 1. The van der Waals surface area contributed by atoms with Gasteiger partial charge in [-0.1, -0.05) is 50.5 Å². The Kier molecular flexibility index (Phi) is 4.41. The molecule has 1 nitrogen and oxygen atoms in total. The van der Waals surface area contributed by atoms with Gasteiger partial charge in [-0.15, -0.1) is 0 Å². The molecule has 0 aliphatic carbocycles. The maximum atomic E-state index is 3.67. The monoisotopic (exact) mass is 217 g/mol. The summed E-state index contributed by atoms with van der Waals surface area (Å²) in [6, 6.07) is 9.74. The van der Waals surface area contributed by atoms with Gasteiger partial charge in [0, 0.05) is 6.04 Å². The Bertz CT molecular complexity index is 311. The van der Waals surface area contributed by atoms with Crippen molar-refractivity contribution in [2.24, 2.45) is 0 Å². The number of rotatable bonds is 3.